The van der Waals surface area contributed by atoms with Gasteiger partial charge in [-0.3, -0.25) is 0 Å². The van der Waals surface area contributed by atoms with Crippen LogP contribution in [-0.2, 0) is 4.79 Å². The Morgan fingerprint density at radius 3 is 3.09 bits per heavy atom. The topological polar surface area (TPSA) is 29.1 Å². The minimum Gasteiger partial charge on any atom is -0.313 e. The van der Waals surface area contributed by atoms with Crippen LogP contribution in [0.15, 0.2) is 11.6 Å². The highest BCUT2D eigenvalue weighted by Gasteiger charge is 2.03. The van der Waals surface area contributed by atoms with Crippen LogP contribution in [0.1, 0.15) is 26.2 Å². The van der Waals surface area contributed by atoms with Crippen molar-refractivity contribution in [3.8, 4) is 0 Å². The molecule has 0 radical (unpaired) electrons. The second-order valence-electron chi connectivity index (χ2n) is 3.02. The van der Waals surface area contributed by atoms with E-state index in [1.165, 1.54) is 5.57 Å². The number of carbonyl (C=O) groups excluding carboxylic acids is 1. The fourth-order valence-corrected chi connectivity index (χ4v) is 1.23. The first kappa shape index (κ1) is 8.47. The lowest BCUT2D eigenvalue weighted by Gasteiger charge is -2.12. The average molecular weight is 153 g/mol. The lowest BCUT2D eigenvalue weighted by atomic mass is 10.0. The number of nitrogens with one attached hydrogen (secondary N) is 1. The molecule has 1 aliphatic rings. The number of Topliss-reactive ketones (excluding diaryl/α,β-unsaturated/α-hetero) is 1. The summed E-state index contributed by atoms with van der Waals surface area (Å²) in [5, 5.41) is 3.24. The molecule has 0 aromatic rings. The van der Waals surface area contributed by atoms with E-state index in [2.05, 4.69) is 11.4 Å². The molecule has 0 unspecified atom stereocenters. The van der Waals surface area contributed by atoms with Gasteiger partial charge in [-0.2, -0.15) is 0 Å². The Bertz CT molecular complexity index is 172. The molecule has 0 bridgehead atoms. The minimum absolute atomic E-state index is 0.296. The predicted octanol–water partition coefficient (Wildman–Crippen LogP) is 1.28. The first-order chi connectivity index (χ1) is 5.29. The second-order valence-corrected chi connectivity index (χ2v) is 3.02. The van der Waals surface area contributed by atoms with Gasteiger partial charge >= 0.3 is 0 Å². The van der Waals surface area contributed by atoms with Crippen LogP contribution in [-0.4, -0.2) is 18.9 Å². The Hall–Kier alpha value is -0.630. The summed E-state index contributed by atoms with van der Waals surface area (Å²) in [5.74, 6) is 0.296. The third-order valence-electron chi connectivity index (χ3n) is 1.96. The Kier molecular flexibility index (Phi) is 3.30. The van der Waals surface area contributed by atoms with Crippen molar-refractivity contribution in [2.45, 2.75) is 26.2 Å². The lowest BCUT2D eigenvalue weighted by Crippen LogP contribution is -2.20. The summed E-state index contributed by atoms with van der Waals surface area (Å²) >= 11 is 0. The number of hydrogen-bond donors (Lipinski definition) is 1. The molecule has 1 rings (SSSR count). The summed E-state index contributed by atoms with van der Waals surface area (Å²) in [5.41, 5.74) is 1.44. The molecule has 0 amide bonds. The van der Waals surface area contributed by atoms with Crippen molar-refractivity contribution in [3.05, 3.63) is 11.6 Å². The van der Waals surface area contributed by atoms with Crippen molar-refractivity contribution in [1.82, 2.24) is 5.32 Å². The highest BCUT2D eigenvalue weighted by atomic mass is 16.1. The lowest BCUT2D eigenvalue weighted by molar-refractivity contribution is -0.116. The van der Waals surface area contributed by atoms with Crippen LogP contribution in [0.4, 0.5) is 0 Å². The molecule has 0 spiro atoms. The Balaban J connectivity index is 2.24. The summed E-state index contributed by atoms with van der Waals surface area (Å²) in [6, 6.07) is 0. The highest BCUT2D eigenvalue weighted by molar-refractivity contribution is 5.75. The summed E-state index contributed by atoms with van der Waals surface area (Å²) in [6.07, 6.45) is 5.00. The molecule has 2 nitrogen and oxygen atoms in total. The van der Waals surface area contributed by atoms with E-state index in [1.54, 1.807) is 6.92 Å². The normalized spacial score (nSPS) is 17.7. The van der Waals surface area contributed by atoms with E-state index in [4.69, 9.17) is 0 Å². The van der Waals surface area contributed by atoms with Gasteiger partial charge in [-0.05, 0) is 26.3 Å². The van der Waals surface area contributed by atoms with E-state index in [0.29, 0.717) is 12.2 Å². The van der Waals surface area contributed by atoms with Gasteiger partial charge in [-0.15, -0.1) is 0 Å². The van der Waals surface area contributed by atoms with Crippen molar-refractivity contribution in [2.75, 3.05) is 13.1 Å². The first-order valence-electron chi connectivity index (χ1n) is 4.17. The van der Waals surface area contributed by atoms with E-state index in [1.807, 2.05) is 0 Å². The van der Waals surface area contributed by atoms with Gasteiger partial charge in [0.1, 0.15) is 5.78 Å². The van der Waals surface area contributed by atoms with Gasteiger partial charge in [0.2, 0.25) is 0 Å². The number of rotatable bonds is 3. The van der Waals surface area contributed by atoms with Crippen molar-refractivity contribution in [1.29, 1.82) is 0 Å². The molecule has 0 aliphatic carbocycles. The molecular weight excluding hydrogens is 138 g/mol. The maximum absolute atomic E-state index is 10.6. The van der Waals surface area contributed by atoms with E-state index < -0.39 is 0 Å². The summed E-state index contributed by atoms with van der Waals surface area (Å²) in [7, 11) is 0. The third-order valence-corrected chi connectivity index (χ3v) is 1.96. The minimum atomic E-state index is 0.296. The molecular formula is C9H15NO. The highest BCUT2D eigenvalue weighted by Crippen LogP contribution is 2.11. The predicted molar refractivity (Wildman–Crippen MR) is 45.5 cm³/mol. The Morgan fingerprint density at radius 2 is 2.55 bits per heavy atom. The molecule has 11 heavy (non-hydrogen) atoms. The molecule has 0 aromatic carbocycles. The average Bonchev–Trinajstić information content (AvgIpc) is 2.03. The van der Waals surface area contributed by atoms with Crippen LogP contribution in [0.2, 0.25) is 0 Å². The van der Waals surface area contributed by atoms with Crippen LogP contribution in [0.25, 0.3) is 0 Å². The number of hydrogen-bond acceptors (Lipinski definition) is 2. The summed E-state index contributed by atoms with van der Waals surface area (Å²) < 4.78 is 0. The zero-order chi connectivity index (χ0) is 8.10. The van der Waals surface area contributed by atoms with Crippen LogP contribution in [0, 0.1) is 0 Å². The molecule has 1 heterocycles. The van der Waals surface area contributed by atoms with Crippen molar-refractivity contribution in [3.63, 3.8) is 0 Å². The summed E-state index contributed by atoms with van der Waals surface area (Å²) in [4.78, 5) is 10.6. The fourth-order valence-electron chi connectivity index (χ4n) is 1.23. The van der Waals surface area contributed by atoms with Crippen LogP contribution < -0.4 is 5.32 Å². The first-order valence-corrected chi connectivity index (χ1v) is 4.17. The Labute approximate surface area is 67.7 Å². The molecule has 1 aliphatic heterocycles. The second kappa shape index (κ2) is 4.29. The maximum atomic E-state index is 10.6. The Morgan fingerprint density at radius 1 is 1.73 bits per heavy atom. The van der Waals surface area contributed by atoms with Gasteiger partial charge in [-0.25, -0.2) is 0 Å². The van der Waals surface area contributed by atoms with Crippen molar-refractivity contribution in [2.24, 2.45) is 0 Å². The maximum Gasteiger partial charge on any atom is 0.130 e. The summed E-state index contributed by atoms with van der Waals surface area (Å²) in [6.45, 7) is 3.71. The largest absolute Gasteiger partial charge is 0.313 e. The monoisotopic (exact) mass is 153 g/mol. The zero-order valence-electron chi connectivity index (χ0n) is 7.02. The van der Waals surface area contributed by atoms with Gasteiger partial charge in [0.25, 0.3) is 0 Å². The molecule has 62 valence electrons. The van der Waals surface area contributed by atoms with E-state index in [9.17, 15) is 4.79 Å². The van der Waals surface area contributed by atoms with E-state index >= 15 is 0 Å². The third kappa shape index (κ3) is 3.33. The van der Waals surface area contributed by atoms with Gasteiger partial charge in [0.15, 0.2) is 0 Å². The van der Waals surface area contributed by atoms with Crippen LogP contribution in [0.5, 0.6) is 0 Å². The number of carbonyl (C=O) groups is 1. The van der Waals surface area contributed by atoms with Gasteiger partial charge in [0, 0.05) is 13.0 Å². The standard InChI is InChI=1S/C9H15NO/c1-8(11)2-3-9-4-6-10-7-5-9/h4,10H,2-3,5-7H2,1H3. The van der Waals surface area contributed by atoms with Gasteiger partial charge < -0.3 is 10.1 Å². The smallest absolute Gasteiger partial charge is 0.130 e. The van der Waals surface area contributed by atoms with Crippen molar-refractivity contribution < 1.29 is 4.79 Å². The van der Waals surface area contributed by atoms with Crippen molar-refractivity contribution >= 4 is 5.78 Å². The zero-order valence-corrected chi connectivity index (χ0v) is 7.02. The van der Waals surface area contributed by atoms with Crippen LogP contribution in [0.3, 0.4) is 0 Å². The molecule has 0 aromatic heterocycles. The van der Waals surface area contributed by atoms with Gasteiger partial charge in [0.05, 0.1) is 0 Å². The molecule has 0 saturated heterocycles. The van der Waals surface area contributed by atoms with E-state index in [0.717, 1.165) is 25.9 Å². The molecule has 0 fully saturated rings. The van der Waals surface area contributed by atoms with E-state index in [-0.39, 0.29) is 0 Å². The number of ketones is 1. The quantitative estimate of drug-likeness (QED) is 0.619. The molecule has 0 saturated carbocycles. The molecule has 0 atom stereocenters. The van der Waals surface area contributed by atoms with Gasteiger partial charge in [-0.1, -0.05) is 11.6 Å². The van der Waals surface area contributed by atoms with Crippen LogP contribution >= 0.6 is 0 Å². The molecule has 2 heteroatoms. The fraction of sp³-hybridized carbons (Fsp3) is 0.667. The molecule has 1 N–H and O–H groups in total. The SMILES string of the molecule is CC(=O)CCC1=CCNCC1.